The average molecular weight is 282 g/mol. The van der Waals surface area contributed by atoms with Crippen LogP contribution in [0.15, 0.2) is 48.5 Å². The van der Waals surface area contributed by atoms with Crippen LogP contribution in [-0.2, 0) is 12.0 Å². The molecule has 0 saturated heterocycles. The molecule has 0 fully saturated rings. The topological polar surface area (TPSA) is 38.9 Å². The molecule has 2 aromatic carbocycles. The molecule has 0 aliphatic rings. The van der Waals surface area contributed by atoms with E-state index in [1.165, 1.54) is 10.3 Å². The monoisotopic (exact) mass is 282 g/mol. The summed E-state index contributed by atoms with van der Waals surface area (Å²) in [5, 5.41) is 1.10. The highest BCUT2D eigenvalue weighted by Crippen LogP contribution is 2.28. The number of hydrogen-bond acceptors (Lipinski definition) is 3. The molecule has 1 heterocycles. The molecule has 0 bridgehead atoms. The highest BCUT2D eigenvalue weighted by atomic mass is 32.1. The minimum atomic E-state index is -0.389. The first-order valence-electron chi connectivity index (χ1n) is 6.75. The Morgan fingerprint density at radius 2 is 1.95 bits per heavy atom. The molecule has 1 unspecified atom stereocenters. The van der Waals surface area contributed by atoms with Gasteiger partial charge in [-0.25, -0.2) is 4.98 Å². The highest BCUT2D eigenvalue weighted by molar-refractivity contribution is 7.18. The van der Waals surface area contributed by atoms with E-state index in [4.69, 9.17) is 5.73 Å². The van der Waals surface area contributed by atoms with Crippen LogP contribution in [0.2, 0.25) is 0 Å². The van der Waals surface area contributed by atoms with Crippen molar-refractivity contribution in [1.82, 2.24) is 4.98 Å². The Balaban J connectivity index is 1.92. The molecule has 0 radical (unpaired) electrons. The molecule has 2 N–H and O–H groups in total. The summed E-state index contributed by atoms with van der Waals surface area (Å²) in [4.78, 5) is 4.68. The maximum Gasteiger partial charge on any atom is 0.0960 e. The van der Waals surface area contributed by atoms with E-state index in [0.29, 0.717) is 0 Å². The summed E-state index contributed by atoms with van der Waals surface area (Å²) in [6.45, 7) is 4.17. The summed E-state index contributed by atoms with van der Waals surface area (Å²) < 4.78 is 1.22. The van der Waals surface area contributed by atoms with Crippen molar-refractivity contribution in [2.24, 2.45) is 5.73 Å². The highest BCUT2D eigenvalue weighted by Gasteiger charge is 2.23. The smallest absolute Gasteiger partial charge is 0.0960 e. The van der Waals surface area contributed by atoms with Gasteiger partial charge in [0.15, 0.2) is 0 Å². The fourth-order valence-corrected chi connectivity index (χ4v) is 3.55. The molecule has 0 amide bonds. The largest absolute Gasteiger partial charge is 0.321 e. The normalized spacial score (nSPS) is 14.3. The molecule has 1 aromatic heterocycles. The average Bonchev–Trinajstić information content (AvgIpc) is 2.80. The van der Waals surface area contributed by atoms with Crippen molar-refractivity contribution in [3.63, 3.8) is 0 Å². The molecule has 3 aromatic rings. The van der Waals surface area contributed by atoms with E-state index in [0.717, 1.165) is 22.5 Å². The van der Waals surface area contributed by atoms with Gasteiger partial charge >= 0.3 is 0 Å². The van der Waals surface area contributed by atoms with Gasteiger partial charge in [0.1, 0.15) is 0 Å². The van der Waals surface area contributed by atoms with Crippen molar-refractivity contribution < 1.29 is 0 Å². The minimum absolute atomic E-state index is 0.389. The van der Waals surface area contributed by atoms with Crippen LogP contribution in [0, 0.1) is 6.92 Å². The van der Waals surface area contributed by atoms with E-state index in [1.54, 1.807) is 11.3 Å². The maximum absolute atomic E-state index is 6.53. The molecule has 3 rings (SSSR count). The lowest BCUT2D eigenvalue weighted by Crippen LogP contribution is -2.35. The van der Waals surface area contributed by atoms with Crippen LogP contribution in [0.1, 0.15) is 23.1 Å². The first-order valence-corrected chi connectivity index (χ1v) is 7.57. The number of aromatic nitrogens is 1. The quantitative estimate of drug-likeness (QED) is 0.788. The van der Waals surface area contributed by atoms with Gasteiger partial charge in [-0.3, -0.25) is 0 Å². The van der Waals surface area contributed by atoms with Crippen molar-refractivity contribution in [3.8, 4) is 0 Å². The summed E-state index contributed by atoms with van der Waals surface area (Å²) in [7, 11) is 0. The number of nitrogens with two attached hydrogens (primary N) is 1. The van der Waals surface area contributed by atoms with Crippen molar-refractivity contribution in [2.75, 3.05) is 0 Å². The van der Waals surface area contributed by atoms with E-state index in [2.05, 4.69) is 55.2 Å². The van der Waals surface area contributed by atoms with Gasteiger partial charge in [-0.2, -0.15) is 0 Å². The fraction of sp³-hybridized carbons (Fsp3) is 0.235. The molecule has 1 atom stereocenters. The molecule has 2 nitrogen and oxygen atoms in total. The Morgan fingerprint density at radius 1 is 1.15 bits per heavy atom. The molecule has 102 valence electrons. The second-order valence-corrected chi connectivity index (χ2v) is 6.65. The third kappa shape index (κ3) is 2.60. The lowest BCUT2D eigenvalue weighted by Gasteiger charge is -2.24. The van der Waals surface area contributed by atoms with Gasteiger partial charge in [-0.15, -0.1) is 11.3 Å². The van der Waals surface area contributed by atoms with E-state index in [1.807, 2.05) is 12.1 Å². The number of para-hydroxylation sites is 1. The second-order valence-electron chi connectivity index (χ2n) is 5.54. The lowest BCUT2D eigenvalue weighted by atomic mass is 9.89. The van der Waals surface area contributed by atoms with Gasteiger partial charge in [0.25, 0.3) is 0 Å². The molecular formula is C17H18N2S. The van der Waals surface area contributed by atoms with Gasteiger partial charge in [0, 0.05) is 12.0 Å². The summed E-state index contributed by atoms with van der Waals surface area (Å²) in [5.41, 5.74) is 9.60. The maximum atomic E-state index is 6.53. The minimum Gasteiger partial charge on any atom is -0.321 e. The number of nitrogens with zero attached hydrogens (tertiary/aromatic N) is 1. The lowest BCUT2D eigenvalue weighted by molar-refractivity contribution is 0.490. The molecule has 0 spiro atoms. The number of aryl methyl sites for hydroxylation is 1. The molecule has 0 saturated carbocycles. The van der Waals surface area contributed by atoms with Crippen molar-refractivity contribution in [3.05, 3.63) is 64.7 Å². The summed E-state index contributed by atoms with van der Waals surface area (Å²) in [6.07, 6.45) is 0.760. The molecule has 0 aliphatic heterocycles. The molecular weight excluding hydrogens is 264 g/mol. The van der Waals surface area contributed by atoms with Crippen LogP contribution in [0.25, 0.3) is 10.2 Å². The van der Waals surface area contributed by atoms with Crippen LogP contribution >= 0.6 is 11.3 Å². The van der Waals surface area contributed by atoms with Crippen LogP contribution in [-0.4, -0.2) is 4.98 Å². The SMILES string of the molecule is Cc1cccc(C(C)(N)Cc2nc3ccccc3s2)c1. The predicted molar refractivity (Wildman–Crippen MR) is 86.0 cm³/mol. The zero-order valence-electron chi connectivity index (χ0n) is 11.8. The van der Waals surface area contributed by atoms with Gasteiger partial charge in [-0.1, -0.05) is 42.0 Å². The number of hydrogen-bond donors (Lipinski definition) is 1. The third-order valence-electron chi connectivity index (χ3n) is 3.53. The number of fused-ring (bicyclic) bond motifs is 1. The summed E-state index contributed by atoms with van der Waals surface area (Å²) >= 11 is 1.73. The van der Waals surface area contributed by atoms with Crippen molar-refractivity contribution in [1.29, 1.82) is 0 Å². The van der Waals surface area contributed by atoms with Crippen LogP contribution < -0.4 is 5.73 Å². The zero-order chi connectivity index (χ0) is 14.2. The van der Waals surface area contributed by atoms with Gasteiger partial charge in [-0.05, 0) is 31.5 Å². The fourth-order valence-electron chi connectivity index (χ4n) is 2.41. The molecule has 20 heavy (non-hydrogen) atoms. The number of rotatable bonds is 3. The summed E-state index contributed by atoms with van der Waals surface area (Å²) in [6, 6.07) is 16.6. The number of thiazole rings is 1. The zero-order valence-corrected chi connectivity index (χ0v) is 12.6. The Hall–Kier alpha value is -1.71. The Morgan fingerprint density at radius 3 is 2.70 bits per heavy atom. The van der Waals surface area contributed by atoms with Crippen LogP contribution in [0.3, 0.4) is 0 Å². The van der Waals surface area contributed by atoms with E-state index >= 15 is 0 Å². The first kappa shape index (κ1) is 13.3. The van der Waals surface area contributed by atoms with Crippen LogP contribution in [0.4, 0.5) is 0 Å². The van der Waals surface area contributed by atoms with Crippen molar-refractivity contribution >= 4 is 21.6 Å². The Kier molecular flexibility index (Phi) is 3.32. The predicted octanol–water partition coefficient (Wildman–Crippen LogP) is 4.02. The standard InChI is InChI=1S/C17H18N2S/c1-12-6-5-7-13(10-12)17(2,18)11-16-19-14-8-3-4-9-15(14)20-16/h3-10H,11,18H2,1-2H3. The van der Waals surface area contributed by atoms with Crippen LogP contribution in [0.5, 0.6) is 0 Å². The number of benzene rings is 2. The van der Waals surface area contributed by atoms with E-state index in [9.17, 15) is 0 Å². The van der Waals surface area contributed by atoms with Crippen molar-refractivity contribution in [2.45, 2.75) is 25.8 Å². The Bertz CT molecular complexity index is 710. The second kappa shape index (κ2) is 5.00. The van der Waals surface area contributed by atoms with Gasteiger partial charge < -0.3 is 5.73 Å². The van der Waals surface area contributed by atoms with E-state index < -0.39 is 0 Å². The first-order chi connectivity index (χ1) is 9.54. The third-order valence-corrected chi connectivity index (χ3v) is 4.57. The molecule has 0 aliphatic carbocycles. The molecule has 3 heteroatoms. The Labute approximate surface area is 123 Å². The summed E-state index contributed by atoms with van der Waals surface area (Å²) in [5.74, 6) is 0. The van der Waals surface area contributed by atoms with Gasteiger partial charge in [0.05, 0.1) is 15.2 Å². The van der Waals surface area contributed by atoms with E-state index in [-0.39, 0.29) is 5.54 Å². The van der Waals surface area contributed by atoms with Gasteiger partial charge in [0.2, 0.25) is 0 Å².